The lowest BCUT2D eigenvalue weighted by molar-refractivity contribution is 0.222. The molecule has 0 bridgehead atoms. The molecule has 0 spiro atoms. The Labute approximate surface area is 162 Å². The molecule has 5 rings (SSSR count). The predicted octanol–water partition coefficient (Wildman–Crippen LogP) is 4.44. The molecule has 27 heavy (non-hydrogen) atoms. The van der Waals surface area contributed by atoms with Crippen molar-refractivity contribution in [3.63, 3.8) is 0 Å². The summed E-state index contributed by atoms with van der Waals surface area (Å²) in [5.41, 5.74) is 5.32. The Hall–Kier alpha value is -2.63. The summed E-state index contributed by atoms with van der Waals surface area (Å²) < 4.78 is 7.79. The fraction of sp³-hybridized carbons (Fsp3) is 0.238. The summed E-state index contributed by atoms with van der Waals surface area (Å²) in [6.45, 7) is 2.54. The van der Waals surface area contributed by atoms with Crippen molar-refractivity contribution in [2.75, 3.05) is 6.54 Å². The highest BCUT2D eigenvalue weighted by atomic mass is 35.5. The maximum absolute atomic E-state index is 6.02. The van der Waals surface area contributed by atoms with Crippen LogP contribution in [0.15, 0.2) is 53.1 Å². The van der Waals surface area contributed by atoms with Crippen molar-refractivity contribution < 1.29 is 4.52 Å². The van der Waals surface area contributed by atoms with Crippen molar-refractivity contribution in [3.8, 4) is 11.3 Å². The average molecular weight is 379 g/mol. The third kappa shape index (κ3) is 2.93. The van der Waals surface area contributed by atoms with Crippen LogP contribution in [-0.2, 0) is 26.6 Å². The maximum Gasteiger partial charge on any atom is 0.143 e. The number of nitrogens with zero attached hydrogens (tertiary/aromatic N) is 4. The summed E-state index contributed by atoms with van der Waals surface area (Å²) in [6, 6.07) is 16.0. The van der Waals surface area contributed by atoms with E-state index in [1.165, 1.54) is 5.56 Å². The van der Waals surface area contributed by atoms with Crippen LogP contribution in [0.3, 0.4) is 0 Å². The van der Waals surface area contributed by atoms with Gasteiger partial charge in [-0.1, -0.05) is 41.0 Å². The van der Waals surface area contributed by atoms with Crippen molar-refractivity contribution >= 4 is 22.6 Å². The molecular formula is C21H19ClN4O. The topological polar surface area (TPSA) is 47.1 Å². The van der Waals surface area contributed by atoms with Gasteiger partial charge in [-0.05, 0) is 24.3 Å². The molecule has 0 unspecified atom stereocenters. The summed E-state index contributed by atoms with van der Waals surface area (Å²) >= 11 is 6.02. The van der Waals surface area contributed by atoms with Crippen LogP contribution in [0.4, 0.5) is 0 Å². The SMILES string of the molecule is Cn1c(CN2CCc3onc(-c4ccc(Cl)cc4)c3C2)nc2ccccc21. The number of imidazole rings is 1. The Morgan fingerprint density at radius 3 is 2.74 bits per heavy atom. The molecule has 1 aliphatic rings. The number of para-hydroxylation sites is 2. The molecule has 5 nitrogen and oxygen atoms in total. The van der Waals surface area contributed by atoms with Crippen LogP contribution in [-0.4, -0.2) is 26.2 Å². The molecule has 4 aromatic rings. The Morgan fingerprint density at radius 2 is 1.93 bits per heavy atom. The van der Waals surface area contributed by atoms with E-state index < -0.39 is 0 Å². The van der Waals surface area contributed by atoms with Crippen LogP contribution in [0, 0.1) is 0 Å². The first-order chi connectivity index (χ1) is 13.2. The van der Waals surface area contributed by atoms with E-state index in [1.807, 2.05) is 30.3 Å². The number of hydrogen-bond acceptors (Lipinski definition) is 4. The zero-order valence-electron chi connectivity index (χ0n) is 15.0. The number of rotatable bonds is 3. The molecule has 2 aromatic heterocycles. The van der Waals surface area contributed by atoms with Crippen LogP contribution in [0.1, 0.15) is 17.1 Å². The maximum atomic E-state index is 6.02. The fourth-order valence-electron chi connectivity index (χ4n) is 3.77. The highest BCUT2D eigenvalue weighted by molar-refractivity contribution is 6.30. The lowest BCUT2D eigenvalue weighted by Gasteiger charge is -2.25. The van der Waals surface area contributed by atoms with Gasteiger partial charge >= 0.3 is 0 Å². The average Bonchev–Trinajstić information content (AvgIpc) is 3.24. The minimum atomic E-state index is 0.722. The van der Waals surface area contributed by atoms with E-state index in [1.54, 1.807) is 0 Å². The minimum Gasteiger partial charge on any atom is -0.360 e. The molecule has 0 aliphatic carbocycles. The molecule has 0 fully saturated rings. The number of fused-ring (bicyclic) bond motifs is 2. The molecule has 0 atom stereocenters. The third-order valence-electron chi connectivity index (χ3n) is 5.27. The Bertz CT molecular complexity index is 1110. The minimum absolute atomic E-state index is 0.722. The fourth-order valence-corrected chi connectivity index (χ4v) is 3.90. The molecule has 3 heterocycles. The van der Waals surface area contributed by atoms with Gasteiger partial charge in [0.1, 0.15) is 17.3 Å². The molecule has 136 valence electrons. The second-order valence-electron chi connectivity index (χ2n) is 6.98. The first-order valence-corrected chi connectivity index (χ1v) is 9.43. The van der Waals surface area contributed by atoms with Crippen molar-refractivity contribution in [1.29, 1.82) is 0 Å². The van der Waals surface area contributed by atoms with Gasteiger partial charge in [-0.15, -0.1) is 0 Å². The van der Waals surface area contributed by atoms with Crippen molar-refractivity contribution in [1.82, 2.24) is 19.6 Å². The van der Waals surface area contributed by atoms with E-state index in [2.05, 4.69) is 39.9 Å². The number of aromatic nitrogens is 3. The van der Waals surface area contributed by atoms with E-state index >= 15 is 0 Å². The Kier molecular flexibility index (Phi) is 3.99. The van der Waals surface area contributed by atoms with Crippen molar-refractivity contribution in [2.24, 2.45) is 7.05 Å². The quantitative estimate of drug-likeness (QED) is 0.528. The van der Waals surface area contributed by atoms with Crippen LogP contribution in [0.25, 0.3) is 22.3 Å². The van der Waals surface area contributed by atoms with Gasteiger partial charge in [0, 0.05) is 42.7 Å². The zero-order valence-corrected chi connectivity index (χ0v) is 15.8. The Balaban J connectivity index is 1.43. The summed E-state index contributed by atoms with van der Waals surface area (Å²) in [5, 5.41) is 5.05. The van der Waals surface area contributed by atoms with Crippen LogP contribution < -0.4 is 0 Å². The van der Waals surface area contributed by atoms with E-state index in [-0.39, 0.29) is 0 Å². The predicted molar refractivity (Wildman–Crippen MR) is 105 cm³/mol. The summed E-state index contributed by atoms with van der Waals surface area (Å²) in [6.07, 6.45) is 0.861. The Morgan fingerprint density at radius 1 is 1.11 bits per heavy atom. The summed E-state index contributed by atoms with van der Waals surface area (Å²) in [7, 11) is 2.08. The van der Waals surface area contributed by atoms with E-state index in [9.17, 15) is 0 Å². The second kappa shape index (κ2) is 6.51. The zero-order chi connectivity index (χ0) is 18.4. The van der Waals surface area contributed by atoms with Crippen molar-refractivity contribution in [3.05, 3.63) is 70.7 Å². The lowest BCUT2D eigenvalue weighted by atomic mass is 10.0. The number of halogens is 1. The van der Waals surface area contributed by atoms with Crippen LogP contribution >= 0.6 is 11.6 Å². The van der Waals surface area contributed by atoms with Gasteiger partial charge in [0.15, 0.2) is 0 Å². The third-order valence-corrected chi connectivity index (χ3v) is 5.52. The van der Waals surface area contributed by atoms with Gasteiger partial charge < -0.3 is 9.09 Å². The molecule has 0 saturated heterocycles. The van der Waals surface area contributed by atoms with Gasteiger partial charge in [-0.25, -0.2) is 4.98 Å². The molecule has 0 amide bonds. The summed E-state index contributed by atoms with van der Waals surface area (Å²) in [4.78, 5) is 7.21. The second-order valence-corrected chi connectivity index (χ2v) is 7.41. The standard InChI is InChI=1S/C21H19ClN4O/c1-25-18-5-3-2-4-17(18)23-20(25)13-26-11-10-19-16(12-26)21(24-27-19)14-6-8-15(22)9-7-14/h2-9H,10-13H2,1H3. The van der Waals surface area contributed by atoms with Gasteiger partial charge in [0.25, 0.3) is 0 Å². The largest absolute Gasteiger partial charge is 0.360 e. The van der Waals surface area contributed by atoms with Gasteiger partial charge in [-0.2, -0.15) is 0 Å². The monoisotopic (exact) mass is 378 g/mol. The van der Waals surface area contributed by atoms with E-state index in [0.29, 0.717) is 0 Å². The smallest absolute Gasteiger partial charge is 0.143 e. The first kappa shape index (κ1) is 16.5. The van der Waals surface area contributed by atoms with Gasteiger partial charge in [0.2, 0.25) is 0 Å². The number of benzene rings is 2. The molecular weight excluding hydrogens is 360 g/mol. The molecule has 1 aliphatic heterocycles. The summed E-state index contributed by atoms with van der Waals surface area (Å²) in [5.74, 6) is 2.06. The molecule has 2 aromatic carbocycles. The van der Waals surface area contributed by atoms with E-state index in [0.717, 1.165) is 65.0 Å². The van der Waals surface area contributed by atoms with Gasteiger partial charge in [0.05, 0.1) is 17.6 Å². The molecule has 0 saturated carbocycles. The number of aryl methyl sites for hydroxylation is 1. The molecule has 6 heteroatoms. The van der Waals surface area contributed by atoms with Crippen LogP contribution in [0.2, 0.25) is 5.02 Å². The normalized spacial score (nSPS) is 14.6. The molecule has 0 radical (unpaired) electrons. The van der Waals surface area contributed by atoms with Crippen LogP contribution in [0.5, 0.6) is 0 Å². The highest BCUT2D eigenvalue weighted by Gasteiger charge is 2.25. The first-order valence-electron chi connectivity index (χ1n) is 9.05. The van der Waals surface area contributed by atoms with Crippen molar-refractivity contribution in [2.45, 2.75) is 19.5 Å². The highest BCUT2D eigenvalue weighted by Crippen LogP contribution is 2.31. The lowest BCUT2D eigenvalue weighted by Crippen LogP contribution is -2.30. The van der Waals surface area contributed by atoms with Gasteiger partial charge in [-0.3, -0.25) is 4.90 Å². The number of hydrogen-bond donors (Lipinski definition) is 0. The molecule has 0 N–H and O–H groups in total. The van der Waals surface area contributed by atoms with E-state index in [4.69, 9.17) is 21.1 Å².